The topological polar surface area (TPSA) is 113 Å². The van der Waals surface area contributed by atoms with Crippen molar-refractivity contribution in [2.45, 2.75) is 20.3 Å². The van der Waals surface area contributed by atoms with Crippen LogP contribution in [0.1, 0.15) is 38.5 Å². The summed E-state index contributed by atoms with van der Waals surface area (Å²) in [4.78, 5) is 51.4. The Balaban J connectivity index is 1.53. The summed E-state index contributed by atoms with van der Waals surface area (Å²) in [5, 5.41) is 6.17. The molecule has 0 aliphatic carbocycles. The van der Waals surface area contributed by atoms with Crippen molar-refractivity contribution in [3.8, 4) is 0 Å². The molecule has 0 atom stereocenters. The van der Waals surface area contributed by atoms with E-state index in [0.717, 1.165) is 10.5 Å². The van der Waals surface area contributed by atoms with Gasteiger partial charge in [-0.2, -0.15) is 0 Å². The predicted octanol–water partition coefficient (Wildman–Crippen LogP) is 1.37. The molecule has 2 aromatic rings. The Hall–Kier alpha value is -3.49. The molecule has 1 aliphatic rings. The zero-order valence-electron chi connectivity index (χ0n) is 15.8. The first-order valence-corrected chi connectivity index (χ1v) is 8.70. The summed E-state index contributed by atoms with van der Waals surface area (Å²) in [7, 11) is 1.47. The molecule has 9 heteroatoms. The molecule has 4 amide bonds. The summed E-state index contributed by atoms with van der Waals surface area (Å²) in [5.74, 6) is -0.784. The first kappa shape index (κ1) is 19.3. The second-order valence-electron chi connectivity index (χ2n) is 6.68. The molecular weight excluding hydrogens is 364 g/mol. The van der Waals surface area contributed by atoms with Gasteiger partial charge in [0.25, 0.3) is 11.8 Å². The molecule has 0 saturated carbocycles. The van der Waals surface area contributed by atoms with Crippen LogP contribution in [0, 0.1) is 13.8 Å². The van der Waals surface area contributed by atoms with E-state index in [4.69, 9.17) is 4.52 Å². The summed E-state index contributed by atoms with van der Waals surface area (Å²) in [5.41, 5.74) is 1.58. The Morgan fingerprint density at radius 2 is 1.86 bits per heavy atom. The Bertz CT molecular complexity index is 965. The number of aryl methyl sites for hydroxylation is 2. The summed E-state index contributed by atoms with van der Waals surface area (Å²) >= 11 is 0. The first-order chi connectivity index (χ1) is 13.3. The fourth-order valence-electron chi connectivity index (χ4n) is 2.92. The second-order valence-corrected chi connectivity index (χ2v) is 6.68. The van der Waals surface area contributed by atoms with Crippen LogP contribution in [0.15, 0.2) is 28.8 Å². The molecular formula is C19H20N4O5. The van der Waals surface area contributed by atoms with Gasteiger partial charge in [0, 0.05) is 26.1 Å². The van der Waals surface area contributed by atoms with Gasteiger partial charge in [0.2, 0.25) is 11.8 Å². The minimum absolute atomic E-state index is 0.0430. The second kappa shape index (κ2) is 7.63. The van der Waals surface area contributed by atoms with Crippen molar-refractivity contribution in [3.63, 3.8) is 0 Å². The highest BCUT2D eigenvalue weighted by atomic mass is 16.5. The fourth-order valence-corrected chi connectivity index (χ4v) is 2.92. The van der Waals surface area contributed by atoms with E-state index in [-0.39, 0.29) is 31.2 Å². The van der Waals surface area contributed by atoms with E-state index in [1.807, 2.05) is 6.92 Å². The van der Waals surface area contributed by atoms with Crippen molar-refractivity contribution < 1.29 is 23.7 Å². The minimum Gasteiger partial charge on any atom is -0.360 e. The number of anilines is 1. The van der Waals surface area contributed by atoms with Gasteiger partial charge >= 0.3 is 0 Å². The molecule has 1 aromatic carbocycles. The number of carbonyl (C=O) groups excluding carboxylic acids is 4. The predicted molar refractivity (Wildman–Crippen MR) is 98.7 cm³/mol. The van der Waals surface area contributed by atoms with Crippen molar-refractivity contribution in [3.05, 3.63) is 46.7 Å². The zero-order chi connectivity index (χ0) is 20.4. The van der Waals surface area contributed by atoms with Crippen LogP contribution in [-0.4, -0.2) is 58.7 Å². The van der Waals surface area contributed by atoms with E-state index < -0.39 is 17.7 Å². The highest BCUT2D eigenvalue weighted by Gasteiger charge is 2.35. The van der Waals surface area contributed by atoms with Crippen LogP contribution in [0.25, 0.3) is 0 Å². The van der Waals surface area contributed by atoms with Crippen LogP contribution in [0.5, 0.6) is 0 Å². The quantitative estimate of drug-likeness (QED) is 0.753. The summed E-state index contributed by atoms with van der Waals surface area (Å²) in [6.45, 7) is 3.30. The highest BCUT2D eigenvalue weighted by Crippen LogP contribution is 2.24. The first-order valence-electron chi connectivity index (χ1n) is 8.70. The largest absolute Gasteiger partial charge is 0.360 e. The molecule has 28 heavy (non-hydrogen) atoms. The molecule has 3 rings (SSSR count). The lowest BCUT2D eigenvalue weighted by Crippen LogP contribution is -2.38. The molecule has 146 valence electrons. The van der Waals surface area contributed by atoms with Gasteiger partial charge in [-0.05, 0) is 26.0 Å². The van der Waals surface area contributed by atoms with E-state index in [1.54, 1.807) is 31.2 Å². The van der Waals surface area contributed by atoms with Crippen LogP contribution >= 0.6 is 0 Å². The molecule has 1 aromatic heterocycles. The normalized spacial score (nSPS) is 12.9. The lowest BCUT2D eigenvalue weighted by molar-refractivity contribution is -0.133. The third kappa shape index (κ3) is 3.93. The highest BCUT2D eigenvalue weighted by molar-refractivity contribution is 6.21. The van der Waals surface area contributed by atoms with E-state index in [2.05, 4.69) is 10.5 Å². The smallest absolute Gasteiger partial charge is 0.261 e. The van der Waals surface area contributed by atoms with Crippen LogP contribution < -0.4 is 5.32 Å². The van der Waals surface area contributed by atoms with Gasteiger partial charge in [0.1, 0.15) is 5.76 Å². The fraction of sp³-hybridized carbons (Fsp3) is 0.316. The molecule has 0 radical (unpaired) electrons. The monoisotopic (exact) mass is 384 g/mol. The van der Waals surface area contributed by atoms with Crippen LogP contribution in [-0.2, 0) is 9.59 Å². The SMILES string of the molecule is Cc1ccc2c(c1)C(=O)N(CCC(=O)N(C)CC(=O)Nc1cc(C)on1)C2=O. The average Bonchev–Trinajstić information content (AvgIpc) is 3.14. The van der Waals surface area contributed by atoms with Gasteiger partial charge in [-0.15, -0.1) is 0 Å². The van der Waals surface area contributed by atoms with Crippen molar-refractivity contribution >= 4 is 29.4 Å². The van der Waals surface area contributed by atoms with Crippen molar-refractivity contribution in [1.82, 2.24) is 15.0 Å². The molecule has 0 spiro atoms. The molecule has 0 saturated heterocycles. The van der Waals surface area contributed by atoms with Crippen molar-refractivity contribution in [1.29, 1.82) is 0 Å². The molecule has 0 bridgehead atoms. The maximum Gasteiger partial charge on any atom is 0.261 e. The van der Waals surface area contributed by atoms with E-state index in [1.165, 1.54) is 11.9 Å². The number of hydrogen-bond acceptors (Lipinski definition) is 6. The van der Waals surface area contributed by atoms with Gasteiger partial charge in [0.15, 0.2) is 5.82 Å². The standard InChI is InChI=1S/C19H20N4O5/c1-11-4-5-13-14(8-11)19(27)23(18(13)26)7-6-17(25)22(3)10-16(24)20-15-9-12(2)28-21-15/h4-5,8-9H,6-7,10H2,1-3H3,(H,20,21,24). The number of fused-ring (bicyclic) bond motifs is 1. The van der Waals surface area contributed by atoms with Crippen LogP contribution in [0.2, 0.25) is 0 Å². The number of likely N-dealkylation sites (N-methyl/N-ethyl adjacent to an activating group) is 1. The van der Waals surface area contributed by atoms with Gasteiger partial charge < -0.3 is 14.7 Å². The summed E-state index contributed by atoms with van der Waals surface area (Å²) < 4.78 is 4.85. The average molecular weight is 384 g/mol. The van der Waals surface area contributed by atoms with E-state index in [9.17, 15) is 19.2 Å². The van der Waals surface area contributed by atoms with Gasteiger partial charge in [0.05, 0.1) is 17.7 Å². The van der Waals surface area contributed by atoms with Crippen LogP contribution in [0.3, 0.4) is 0 Å². The molecule has 1 aliphatic heterocycles. The number of aromatic nitrogens is 1. The summed E-state index contributed by atoms with van der Waals surface area (Å²) in [6.07, 6.45) is -0.0721. The lowest BCUT2D eigenvalue weighted by atomic mass is 10.1. The maximum absolute atomic E-state index is 12.4. The minimum atomic E-state index is -0.430. The molecule has 0 unspecified atom stereocenters. The molecule has 9 nitrogen and oxygen atoms in total. The number of amides is 4. The number of rotatable bonds is 6. The Morgan fingerprint density at radius 1 is 1.14 bits per heavy atom. The number of nitrogens with one attached hydrogen (secondary N) is 1. The number of benzene rings is 1. The molecule has 0 fully saturated rings. The lowest BCUT2D eigenvalue weighted by Gasteiger charge is -2.18. The third-order valence-corrected chi connectivity index (χ3v) is 4.38. The number of nitrogens with zero attached hydrogens (tertiary/aromatic N) is 3. The van der Waals surface area contributed by atoms with E-state index >= 15 is 0 Å². The number of carbonyl (C=O) groups is 4. The maximum atomic E-state index is 12.4. The molecule has 2 heterocycles. The third-order valence-electron chi connectivity index (χ3n) is 4.38. The van der Waals surface area contributed by atoms with Gasteiger partial charge in [-0.25, -0.2) is 0 Å². The van der Waals surface area contributed by atoms with Crippen molar-refractivity contribution in [2.75, 3.05) is 25.5 Å². The Morgan fingerprint density at radius 3 is 2.54 bits per heavy atom. The van der Waals surface area contributed by atoms with Crippen LogP contribution in [0.4, 0.5) is 5.82 Å². The molecule has 1 N–H and O–H groups in total. The van der Waals surface area contributed by atoms with Crippen molar-refractivity contribution in [2.24, 2.45) is 0 Å². The number of imide groups is 1. The Kier molecular flexibility index (Phi) is 5.25. The van der Waals surface area contributed by atoms with Gasteiger partial charge in [-0.1, -0.05) is 16.8 Å². The number of hydrogen-bond donors (Lipinski definition) is 1. The summed E-state index contributed by atoms with van der Waals surface area (Å²) in [6, 6.07) is 6.61. The zero-order valence-corrected chi connectivity index (χ0v) is 15.8. The van der Waals surface area contributed by atoms with E-state index in [0.29, 0.717) is 16.9 Å². The van der Waals surface area contributed by atoms with Gasteiger partial charge in [-0.3, -0.25) is 24.1 Å². The Labute approximate surface area is 161 Å².